The van der Waals surface area contributed by atoms with E-state index in [0.29, 0.717) is 18.4 Å². The zero-order valence-electron chi connectivity index (χ0n) is 19.3. The fourth-order valence-corrected chi connectivity index (χ4v) is 3.39. The lowest BCUT2D eigenvalue weighted by atomic mass is 9.96. The zero-order chi connectivity index (χ0) is 24.9. The van der Waals surface area contributed by atoms with Gasteiger partial charge in [-0.15, -0.1) is 0 Å². The number of allylic oxidation sites excluding steroid dienone is 3. The van der Waals surface area contributed by atoms with Crippen molar-refractivity contribution in [2.75, 3.05) is 7.05 Å². The van der Waals surface area contributed by atoms with E-state index in [-0.39, 0.29) is 36.6 Å². The minimum Gasteiger partial charge on any atom is -0.357 e. The molecular weight excluding hydrogens is 441 g/mol. The van der Waals surface area contributed by atoms with Crippen LogP contribution in [0, 0.1) is 11.7 Å². The number of hydrogen-bond acceptors (Lipinski definition) is 6. The second-order valence-corrected chi connectivity index (χ2v) is 8.06. The topological polar surface area (TPSA) is 132 Å². The summed E-state index contributed by atoms with van der Waals surface area (Å²) in [5.41, 5.74) is 2.21. The molecule has 1 aliphatic rings. The van der Waals surface area contributed by atoms with Gasteiger partial charge in [0.05, 0.1) is 18.5 Å². The van der Waals surface area contributed by atoms with Crippen LogP contribution in [0.3, 0.4) is 0 Å². The summed E-state index contributed by atoms with van der Waals surface area (Å²) >= 11 is 0. The van der Waals surface area contributed by atoms with Crippen LogP contribution in [0.4, 0.5) is 4.39 Å². The van der Waals surface area contributed by atoms with Gasteiger partial charge in [0.1, 0.15) is 11.9 Å². The molecular formula is C24H32FN5O4. The van der Waals surface area contributed by atoms with E-state index in [9.17, 15) is 18.8 Å². The van der Waals surface area contributed by atoms with Crippen LogP contribution in [-0.2, 0) is 20.9 Å². The Kier molecular flexibility index (Phi) is 11.1. The van der Waals surface area contributed by atoms with Crippen molar-refractivity contribution < 1.29 is 24.0 Å². The molecule has 0 saturated heterocycles. The highest BCUT2D eigenvalue weighted by atomic mass is 19.1. The predicted molar refractivity (Wildman–Crippen MR) is 127 cm³/mol. The van der Waals surface area contributed by atoms with Crippen LogP contribution in [0.1, 0.15) is 31.7 Å². The standard InChI is InChI=1S/C24H32FN5O4/c1-16-6-4-3-5-7-18(15-27-16)12-21(23(32)26-2)29-24(33)20(13-22(31)30-34)28-14-17-8-10-19(25)11-9-17/h3-6,8-11,15-16,18,20-21,28,34H,7,12-14H2,1-2H3,(H,26,32)(H,29,33)(H,30,31)/b5-3-,6-4?,27-15?/t16?,18?,20-,21?/m1/s1. The molecule has 184 valence electrons. The summed E-state index contributed by atoms with van der Waals surface area (Å²) in [5.74, 6) is -2.20. The van der Waals surface area contributed by atoms with Gasteiger partial charge in [-0.3, -0.25) is 24.6 Å². The Morgan fingerprint density at radius 2 is 1.88 bits per heavy atom. The maximum atomic E-state index is 13.1. The molecule has 10 heteroatoms. The van der Waals surface area contributed by atoms with Gasteiger partial charge in [0.25, 0.3) is 0 Å². The van der Waals surface area contributed by atoms with Crippen LogP contribution >= 0.6 is 0 Å². The Bertz CT molecular complexity index is 916. The van der Waals surface area contributed by atoms with E-state index in [1.54, 1.807) is 18.3 Å². The average molecular weight is 474 g/mol. The van der Waals surface area contributed by atoms with Gasteiger partial charge in [0, 0.05) is 19.8 Å². The first-order chi connectivity index (χ1) is 16.3. The van der Waals surface area contributed by atoms with E-state index in [1.165, 1.54) is 24.7 Å². The number of nitrogens with one attached hydrogen (secondary N) is 4. The fourth-order valence-electron chi connectivity index (χ4n) is 3.39. The predicted octanol–water partition coefficient (Wildman–Crippen LogP) is 1.39. The number of likely N-dealkylation sites (N-methyl/N-ethyl adjacent to an activating group) is 1. The number of hydrogen-bond donors (Lipinski definition) is 5. The molecule has 0 saturated carbocycles. The normalized spacial score (nSPS) is 20.2. The molecule has 3 amide bonds. The van der Waals surface area contributed by atoms with Gasteiger partial charge in [-0.2, -0.15) is 0 Å². The highest BCUT2D eigenvalue weighted by molar-refractivity contribution is 5.92. The molecule has 4 atom stereocenters. The summed E-state index contributed by atoms with van der Waals surface area (Å²) in [6, 6.07) is 3.78. The van der Waals surface area contributed by atoms with Crippen molar-refractivity contribution in [2.24, 2.45) is 10.9 Å². The van der Waals surface area contributed by atoms with Crippen molar-refractivity contribution in [1.29, 1.82) is 0 Å². The summed E-state index contributed by atoms with van der Waals surface area (Å²) in [5, 5.41) is 17.1. The number of rotatable bonds is 10. The van der Waals surface area contributed by atoms with E-state index in [1.807, 2.05) is 31.2 Å². The van der Waals surface area contributed by atoms with Crippen LogP contribution in [-0.4, -0.2) is 54.3 Å². The largest absolute Gasteiger partial charge is 0.357 e. The van der Waals surface area contributed by atoms with Gasteiger partial charge in [-0.1, -0.05) is 36.4 Å². The highest BCUT2D eigenvalue weighted by Gasteiger charge is 2.28. The van der Waals surface area contributed by atoms with E-state index in [4.69, 9.17) is 5.21 Å². The maximum absolute atomic E-state index is 13.1. The second kappa shape index (κ2) is 14.0. The number of benzene rings is 1. The van der Waals surface area contributed by atoms with Crippen molar-refractivity contribution in [3.63, 3.8) is 0 Å². The van der Waals surface area contributed by atoms with E-state index < -0.39 is 23.9 Å². The van der Waals surface area contributed by atoms with E-state index in [0.717, 1.165) is 0 Å². The molecule has 0 fully saturated rings. The number of hydroxylamine groups is 1. The Balaban J connectivity index is 2.11. The van der Waals surface area contributed by atoms with Gasteiger partial charge in [-0.05, 0) is 43.4 Å². The molecule has 5 N–H and O–H groups in total. The average Bonchev–Trinajstić information content (AvgIpc) is 2.93. The molecule has 0 radical (unpaired) electrons. The first kappa shape index (κ1) is 26.9. The highest BCUT2D eigenvalue weighted by Crippen LogP contribution is 2.14. The molecule has 0 bridgehead atoms. The fraction of sp³-hybridized carbons (Fsp3) is 0.417. The third-order valence-electron chi connectivity index (χ3n) is 5.32. The number of carbonyl (C=O) groups excluding carboxylic acids is 3. The maximum Gasteiger partial charge on any atom is 0.245 e. The van der Waals surface area contributed by atoms with Crippen molar-refractivity contribution in [3.05, 3.63) is 60.0 Å². The van der Waals surface area contributed by atoms with Gasteiger partial charge in [-0.25, -0.2) is 9.87 Å². The molecule has 0 aromatic heterocycles. The smallest absolute Gasteiger partial charge is 0.245 e. The van der Waals surface area contributed by atoms with Crippen molar-refractivity contribution in [1.82, 2.24) is 21.4 Å². The monoisotopic (exact) mass is 473 g/mol. The number of aliphatic imine (C=N–C) groups is 1. The molecule has 0 aliphatic carbocycles. The Hall–Kier alpha value is -3.37. The van der Waals surface area contributed by atoms with Crippen LogP contribution in [0.2, 0.25) is 0 Å². The Morgan fingerprint density at radius 1 is 1.15 bits per heavy atom. The first-order valence-corrected chi connectivity index (χ1v) is 11.1. The summed E-state index contributed by atoms with van der Waals surface area (Å²) in [6.45, 7) is 2.12. The van der Waals surface area contributed by atoms with Gasteiger partial charge < -0.3 is 16.0 Å². The lowest BCUT2D eigenvalue weighted by Gasteiger charge is -2.24. The third-order valence-corrected chi connectivity index (χ3v) is 5.32. The van der Waals surface area contributed by atoms with Crippen LogP contribution in [0.5, 0.6) is 0 Å². The summed E-state index contributed by atoms with van der Waals surface area (Å²) in [6.07, 6.45) is 10.2. The van der Waals surface area contributed by atoms with Crippen LogP contribution in [0.15, 0.2) is 53.6 Å². The minimum absolute atomic E-state index is 0.00433. The Morgan fingerprint density at radius 3 is 2.56 bits per heavy atom. The van der Waals surface area contributed by atoms with E-state index in [2.05, 4.69) is 20.9 Å². The van der Waals surface area contributed by atoms with Gasteiger partial charge >= 0.3 is 0 Å². The van der Waals surface area contributed by atoms with Crippen molar-refractivity contribution in [3.8, 4) is 0 Å². The first-order valence-electron chi connectivity index (χ1n) is 11.1. The Labute approximate surface area is 198 Å². The SMILES string of the molecule is CNC(=O)C(CC1C=NC(C)C=C/C=C\C1)NC(=O)[C@@H](CC(=O)NO)NCc1ccc(F)cc1. The summed E-state index contributed by atoms with van der Waals surface area (Å²) < 4.78 is 13.1. The summed E-state index contributed by atoms with van der Waals surface area (Å²) in [4.78, 5) is 41.8. The molecule has 34 heavy (non-hydrogen) atoms. The lowest BCUT2D eigenvalue weighted by molar-refractivity contribution is -0.134. The lowest BCUT2D eigenvalue weighted by Crippen LogP contribution is -2.53. The molecule has 3 unspecified atom stereocenters. The molecule has 1 aromatic carbocycles. The summed E-state index contributed by atoms with van der Waals surface area (Å²) in [7, 11) is 1.48. The van der Waals surface area contributed by atoms with E-state index >= 15 is 0 Å². The molecule has 0 spiro atoms. The third kappa shape index (κ3) is 9.24. The minimum atomic E-state index is -1.04. The molecule has 1 aromatic rings. The zero-order valence-corrected chi connectivity index (χ0v) is 19.3. The molecule has 2 rings (SSSR count). The molecule has 1 heterocycles. The number of halogens is 1. The number of nitrogens with zero attached hydrogens (tertiary/aromatic N) is 1. The van der Waals surface area contributed by atoms with Gasteiger partial charge in [0.2, 0.25) is 17.7 Å². The molecule has 9 nitrogen and oxygen atoms in total. The number of carbonyl (C=O) groups is 3. The van der Waals surface area contributed by atoms with Crippen LogP contribution in [0.25, 0.3) is 0 Å². The molecule has 1 aliphatic heterocycles. The van der Waals surface area contributed by atoms with Crippen molar-refractivity contribution in [2.45, 2.75) is 50.9 Å². The number of amides is 3. The quantitative estimate of drug-likeness (QED) is 0.259. The van der Waals surface area contributed by atoms with Crippen molar-refractivity contribution >= 4 is 23.9 Å². The second-order valence-electron chi connectivity index (χ2n) is 8.06. The van der Waals surface area contributed by atoms with Gasteiger partial charge in [0.15, 0.2) is 0 Å². The van der Waals surface area contributed by atoms with Crippen LogP contribution < -0.4 is 21.4 Å².